The first-order valence-electron chi connectivity index (χ1n) is 5.56. The molecule has 0 amide bonds. The van der Waals surface area contributed by atoms with Gasteiger partial charge in [-0.3, -0.25) is 0 Å². The number of pyridine rings is 1. The van der Waals surface area contributed by atoms with Crippen LogP contribution in [0.3, 0.4) is 0 Å². The molecule has 0 aliphatic heterocycles. The van der Waals surface area contributed by atoms with Crippen molar-refractivity contribution in [1.29, 1.82) is 0 Å². The van der Waals surface area contributed by atoms with E-state index in [1.165, 1.54) is 0 Å². The summed E-state index contributed by atoms with van der Waals surface area (Å²) in [6.45, 7) is 4.31. The number of nitrogens with one attached hydrogen (secondary N) is 2. The zero-order valence-corrected chi connectivity index (χ0v) is 9.93. The van der Waals surface area contributed by atoms with Crippen LogP contribution in [0.1, 0.15) is 20.3 Å². The smallest absolute Gasteiger partial charge is 0.168 e. The Morgan fingerprint density at radius 2 is 1.88 bits per heavy atom. The summed E-state index contributed by atoms with van der Waals surface area (Å²) in [4.78, 5) is 3.80. The van der Waals surface area contributed by atoms with E-state index in [0.717, 1.165) is 6.07 Å². The van der Waals surface area contributed by atoms with Crippen LogP contribution in [-0.2, 0) is 0 Å². The summed E-state index contributed by atoms with van der Waals surface area (Å²) in [5.74, 6) is -1.45. The highest BCUT2D eigenvalue weighted by Gasteiger charge is 2.11. The SMILES string of the molecule is CCNc1nc(NCCC(C)O)c(F)cc1F. The van der Waals surface area contributed by atoms with E-state index in [9.17, 15) is 8.78 Å². The van der Waals surface area contributed by atoms with E-state index >= 15 is 0 Å². The Bertz CT molecular complexity index is 372. The average molecular weight is 245 g/mol. The van der Waals surface area contributed by atoms with Crippen molar-refractivity contribution < 1.29 is 13.9 Å². The van der Waals surface area contributed by atoms with Gasteiger partial charge in [-0.05, 0) is 20.3 Å². The van der Waals surface area contributed by atoms with E-state index in [1.54, 1.807) is 13.8 Å². The van der Waals surface area contributed by atoms with E-state index < -0.39 is 17.7 Å². The van der Waals surface area contributed by atoms with Crippen LogP contribution < -0.4 is 10.6 Å². The molecule has 1 aromatic rings. The molecule has 1 unspecified atom stereocenters. The van der Waals surface area contributed by atoms with E-state index in [-0.39, 0.29) is 11.6 Å². The zero-order valence-electron chi connectivity index (χ0n) is 9.93. The van der Waals surface area contributed by atoms with Gasteiger partial charge >= 0.3 is 0 Å². The molecule has 96 valence electrons. The first-order valence-corrected chi connectivity index (χ1v) is 5.56. The highest BCUT2D eigenvalue weighted by Crippen LogP contribution is 2.18. The van der Waals surface area contributed by atoms with Gasteiger partial charge in [0.15, 0.2) is 23.3 Å². The lowest BCUT2D eigenvalue weighted by molar-refractivity contribution is 0.188. The summed E-state index contributed by atoms with van der Waals surface area (Å²) in [6.07, 6.45) is -0.00562. The molecule has 0 spiro atoms. The minimum Gasteiger partial charge on any atom is -0.393 e. The molecule has 1 rings (SSSR count). The highest BCUT2D eigenvalue weighted by atomic mass is 19.1. The summed E-state index contributed by atoms with van der Waals surface area (Å²) < 4.78 is 26.6. The summed E-state index contributed by atoms with van der Waals surface area (Å²) in [5.41, 5.74) is 0. The van der Waals surface area contributed by atoms with E-state index in [4.69, 9.17) is 5.11 Å². The van der Waals surface area contributed by atoms with Gasteiger partial charge in [-0.2, -0.15) is 0 Å². The quantitative estimate of drug-likeness (QED) is 0.717. The third-order valence-corrected chi connectivity index (χ3v) is 2.13. The molecule has 1 heterocycles. The lowest BCUT2D eigenvalue weighted by Crippen LogP contribution is -2.13. The number of aromatic nitrogens is 1. The van der Waals surface area contributed by atoms with Gasteiger partial charge in [0.1, 0.15) is 0 Å². The van der Waals surface area contributed by atoms with Crippen LogP contribution in [0.5, 0.6) is 0 Å². The van der Waals surface area contributed by atoms with Crippen molar-refractivity contribution in [3.63, 3.8) is 0 Å². The number of nitrogens with zero attached hydrogens (tertiary/aromatic N) is 1. The fraction of sp³-hybridized carbons (Fsp3) is 0.545. The lowest BCUT2D eigenvalue weighted by Gasteiger charge is -2.11. The predicted octanol–water partition coefficient (Wildman–Crippen LogP) is 1.97. The first-order chi connectivity index (χ1) is 8.04. The second-order valence-electron chi connectivity index (χ2n) is 3.74. The van der Waals surface area contributed by atoms with Crippen LogP contribution in [-0.4, -0.2) is 29.3 Å². The van der Waals surface area contributed by atoms with Crippen molar-refractivity contribution in [1.82, 2.24) is 4.98 Å². The first kappa shape index (κ1) is 13.6. The van der Waals surface area contributed by atoms with Crippen LogP contribution in [0.4, 0.5) is 20.4 Å². The second kappa shape index (κ2) is 6.34. The fourth-order valence-corrected chi connectivity index (χ4v) is 1.28. The number of hydrogen-bond acceptors (Lipinski definition) is 4. The molecule has 0 aliphatic carbocycles. The minimum atomic E-state index is -0.741. The van der Waals surface area contributed by atoms with Crippen molar-refractivity contribution in [2.45, 2.75) is 26.4 Å². The van der Waals surface area contributed by atoms with Gasteiger partial charge in [0.2, 0.25) is 0 Å². The Kier molecular flexibility index (Phi) is 5.09. The molecule has 0 aromatic carbocycles. The molecule has 1 atom stereocenters. The zero-order chi connectivity index (χ0) is 12.8. The molecule has 0 saturated carbocycles. The van der Waals surface area contributed by atoms with Crippen molar-refractivity contribution in [2.75, 3.05) is 23.7 Å². The molecule has 4 nitrogen and oxygen atoms in total. The Hall–Kier alpha value is -1.43. The van der Waals surface area contributed by atoms with Crippen molar-refractivity contribution in [3.05, 3.63) is 17.7 Å². The molecule has 0 aliphatic rings. The highest BCUT2D eigenvalue weighted by molar-refractivity contribution is 5.47. The summed E-state index contributed by atoms with van der Waals surface area (Å²) in [6, 6.07) is 0.787. The predicted molar refractivity (Wildman–Crippen MR) is 63.1 cm³/mol. The summed E-state index contributed by atoms with van der Waals surface area (Å²) in [7, 11) is 0. The molecule has 17 heavy (non-hydrogen) atoms. The van der Waals surface area contributed by atoms with Crippen molar-refractivity contribution in [2.24, 2.45) is 0 Å². The monoisotopic (exact) mass is 245 g/mol. The van der Waals surface area contributed by atoms with Gasteiger partial charge in [-0.25, -0.2) is 13.8 Å². The number of halogens is 2. The molecule has 1 aromatic heterocycles. The molecule has 3 N–H and O–H groups in total. The molecular weight excluding hydrogens is 228 g/mol. The molecule has 0 fully saturated rings. The van der Waals surface area contributed by atoms with Gasteiger partial charge in [0.05, 0.1) is 6.10 Å². The van der Waals surface area contributed by atoms with Crippen molar-refractivity contribution >= 4 is 11.6 Å². The number of hydrogen-bond donors (Lipinski definition) is 3. The normalized spacial score (nSPS) is 12.3. The van der Waals surface area contributed by atoms with Gasteiger partial charge in [0, 0.05) is 19.2 Å². The molecule has 0 bridgehead atoms. The lowest BCUT2D eigenvalue weighted by atomic mass is 10.3. The van der Waals surface area contributed by atoms with Crippen LogP contribution in [0.25, 0.3) is 0 Å². The Morgan fingerprint density at radius 1 is 1.29 bits per heavy atom. The fourth-order valence-electron chi connectivity index (χ4n) is 1.28. The van der Waals surface area contributed by atoms with Gasteiger partial charge in [0.25, 0.3) is 0 Å². The number of aliphatic hydroxyl groups excluding tert-OH is 1. The second-order valence-corrected chi connectivity index (χ2v) is 3.74. The maximum atomic E-state index is 13.3. The Labute approximate surface area is 99.1 Å². The van der Waals surface area contributed by atoms with Gasteiger partial charge in [-0.15, -0.1) is 0 Å². The topological polar surface area (TPSA) is 57.2 Å². The van der Waals surface area contributed by atoms with Gasteiger partial charge < -0.3 is 15.7 Å². The minimum absolute atomic E-state index is 0.0111. The number of aliphatic hydroxyl groups is 1. The molecular formula is C11H17F2N3O. The largest absolute Gasteiger partial charge is 0.393 e. The third kappa shape index (κ3) is 4.14. The van der Waals surface area contributed by atoms with Crippen molar-refractivity contribution in [3.8, 4) is 0 Å². The Morgan fingerprint density at radius 3 is 2.41 bits per heavy atom. The summed E-state index contributed by atoms with van der Waals surface area (Å²) in [5, 5.41) is 14.5. The van der Waals surface area contributed by atoms with E-state index in [1.807, 2.05) is 0 Å². The maximum Gasteiger partial charge on any atom is 0.168 e. The maximum absolute atomic E-state index is 13.3. The standard InChI is InChI=1S/C11H17F2N3O/c1-3-14-10-8(12)6-9(13)11(16-10)15-5-4-7(2)17/h6-7,17H,3-5H2,1-2H3,(H2,14,15,16). The Balaban J connectivity index is 2.73. The summed E-state index contributed by atoms with van der Waals surface area (Å²) >= 11 is 0. The van der Waals surface area contributed by atoms with Crippen LogP contribution in [0.15, 0.2) is 6.07 Å². The number of anilines is 2. The molecule has 6 heteroatoms. The molecule has 0 saturated heterocycles. The third-order valence-electron chi connectivity index (χ3n) is 2.13. The van der Waals surface area contributed by atoms with E-state index in [0.29, 0.717) is 19.5 Å². The van der Waals surface area contributed by atoms with Gasteiger partial charge in [-0.1, -0.05) is 0 Å². The number of rotatable bonds is 6. The average Bonchev–Trinajstić information content (AvgIpc) is 2.24. The molecule has 0 radical (unpaired) electrons. The van der Waals surface area contributed by atoms with Crippen LogP contribution in [0, 0.1) is 11.6 Å². The van der Waals surface area contributed by atoms with Crippen LogP contribution >= 0.6 is 0 Å². The van der Waals surface area contributed by atoms with E-state index in [2.05, 4.69) is 15.6 Å². The van der Waals surface area contributed by atoms with Crippen LogP contribution in [0.2, 0.25) is 0 Å².